The Morgan fingerprint density at radius 1 is 1.38 bits per heavy atom. The van der Waals surface area contributed by atoms with Gasteiger partial charge in [0.25, 0.3) is 0 Å². The Morgan fingerprint density at radius 2 is 2.08 bits per heavy atom. The van der Waals surface area contributed by atoms with Gasteiger partial charge in [-0.25, -0.2) is 8.42 Å². The molecule has 0 radical (unpaired) electrons. The molecule has 0 aromatic heterocycles. The maximum Gasteiger partial charge on any atom is 0.150 e. The van der Waals surface area contributed by atoms with E-state index < -0.39 is 9.84 Å². The molecule has 0 spiro atoms. The molecule has 3 nitrogen and oxygen atoms in total. The molecule has 0 saturated heterocycles. The Hall–Kier alpha value is -0.0900. The standard InChI is InChI=1S/C9H19NO2S/c1-2-13(11,12)7-3-6-10-8-9-4-5-9/h9-10H,2-8H2,1H3. The van der Waals surface area contributed by atoms with Crippen LogP contribution in [0.25, 0.3) is 0 Å². The minimum Gasteiger partial charge on any atom is -0.316 e. The molecular weight excluding hydrogens is 186 g/mol. The normalized spacial score (nSPS) is 17.6. The molecule has 1 rings (SSSR count). The average molecular weight is 205 g/mol. The van der Waals surface area contributed by atoms with Gasteiger partial charge >= 0.3 is 0 Å². The van der Waals surface area contributed by atoms with Crippen molar-refractivity contribution in [1.29, 1.82) is 0 Å². The van der Waals surface area contributed by atoms with Crippen LogP contribution in [0, 0.1) is 5.92 Å². The van der Waals surface area contributed by atoms with E-state index in [9.17, 15) is 8.42 Å². The molecule has 0 atom stereocenters. The molecule has 0 aromatic carbocycles. The second kappa shape index (κ2) is 4.96. The zero-order chi connectivity index (χ0) is 9.73. The van der Waals surface area contributed by atoms with Crippen LogP contribution in [0.15, 0.2) is 0 Å². The minimum absolute atomic E-state index is 0.273. The summed E-state index contributed by atoms with van der Waals surface area (Å²) in [4.78, 5) is 0. The van der Waals surface area contributed by atoms with E-state index in [2.05, 4.69) is 5.32 Å². The highest BCUT2D eigenvalue weighted by molar-refractivity contribution is 7.91. The molecule has 1 aliphatic carbocycles. The van der Waals surface area contributed by atoms with Gasteiger partial charge in [-0.3, -0.25) is 0 Å². The Bertz CT molecular complexity index is 232. The topological polar surface area (TPSA) is 46.2 Å². The van der Waals surface area contributed by atoms with Crippen molar-refractivity contribution in [3.05, 3.63) is 0 Å². The lowest BCUT2D eigenvalue weighted by molar-refractivity contribution is 0.586. The summed E-state index contributed by atoms with van der Waals surface area (Å²) in [5, 5.41) is 3.28. The van der Waals surface area contributed by atoms with E-state index in [0.29, 0.717) is 5.75 Å². The molecule has 0 amide bonds. The smallest absolute Gasteiger partial charge is 0.150 e. The van der Waals surface area contributed by atoms with E-state index in [1.54, 1.807) is 6.92 Å². The first kappa shape index (κ1) is 11.0. The fourth-order valence-electron chi connectivity index (χ4n) is 1.19. The largest absolute Gasteiger partial charge is 0.316 e. The number of hydrogen-bond acceptors (Lipinski definition) is 3. The molecule has 1 fully saturated rings. The monoisotopic (exact) mass is 205 g/mol. The van der Waals surface area contributed by atoms with Crippen LogP contribution < -0.4 is 5.32 Å². The van der Waals surface area contributed by atoms with Gasteiger partial charge in [0.1, 0.15) is 9.84 Å². The summed E-state index contributed by atoms with van der Waals surface area (Å²) in [6, 6.07) is 0. The predicted molar refractivity (Wildman–Crippen MR) is 54.5 cm³/mol. The van der Waals surface area contributed by atoms with Crippen molar-refractivity contribution in [3.63, 3.8) is 0 Å². The van der Waals surface area contributed by atoms with Gasteiger partial charge in [-0.1, -0.05) is 6.92 Å². The van der Waals surface area contributed by atoms with E-state index in [-0.39, 0.29) is 5.75 Å². The first-order valence-electron chi connectivity index (χ1n) is 5.05. The Labute approximate surface area is 80.8 Å². The lowest BCUT2D eigenvalue weighted by Gasteiger charge is -2.03. The second-order valence-electron chi connectivity index (χ2n) is 3.74. The Kier molecular flexibility index (Phi) is 4.19. The fourth-order valence-corrected chi connectivity index (χ4v) is 2.06. The van der Waals surface area contributed by atoms with Crippen LogP contribution in [0.1, 0.15) is 26.2 Å². The van der Waals surface area contributed by atoms with Gasteiger partial charge in [0, 0.05) is 5.75 Å². The van der Waals surface area contributed by atoms with Crippen LogP contribution in [-0.4, -0.2) is 33.0 Å². The van der Waals surface area contributed by atoms with Crippen LogP contribution in [0.4, 0.5) is 0 Å². The summed E-state index contributed by atoms with van der Waals surface area (Å²) in [5.41, 5.74) is 0. The van der Waals surface area contributed by atoms with Gasteiger partial charge in [0.2, 0.25) is 0 Å². The van der Waals surface area contributed by atoms with Gasteiger partial charge in [-0.05, 0) is 38.3 Å². The van der Waals surface area contributed by atoms with Crippen molar-refractivity contribution in [3.8, 4) is 0 Å². The molecular formula is C9H19NO2S. The summed E-state index contributed by atoms with van der Waals surface area (Å²) < 4.78 is 22.2. The first-order valence-corrected chi connectivity index (χ1v) is 6.87. The van der Waals surface area contributed by atoms with Crippen LogP contribution in [-0.2, 0) is 9.84 Å². The summed E-state index contributed by atoms with van der Waals surface area (Å²) in [6.07, 6.45) is 3.45. The Balaban J connectivity index is 1.93. The van der Waals surface area contributed by atoms with E-state index in [1.807, 2.05) is 0 Å². The van der Waals surface area contributed by atoms with E-state index in [4.69, 9.17) is 0 Å². The van der Waals surface area contributed by atoms with Gasteiger partial charge in [0.15, 0.2) is 0 Å². The zero-order valence-corrected chi connectivity index (χ0v) is 9.07. The SMILES string of the molecule is CCS(=O)(=O)CCCNCC1CC1. The quantitative estimate of drug-likeness (QED) is 0.626. The van der Waals surface area contributed by atoms with Crippen molar-refractivity contribution in [2.75, 3.05) is 24.6 Å². The third-order valence-corrected chi connectivity index (χ3v) is 4.17. The highest BCUT2D eigenvalue weighted by Crippen LogP contribution is 2.27. The molecule has 0 unspecified atom stereocenters. The minimum atomic E-state index is -2.74. The van der Waals surface area contributed by atoms with E-state index in [0.717, 1.165) is 25.4 Å². The number of rotatable bonds is 7. The number of sulfone groups is 1. The van der Waals surface area contributed by atoms with Crippen molar-refractivity contribution >= 4 is 9.84 Å². The van der Waals surface area contributed by atoms with Gasteiger partial charge in [-0.15, -0.1) is 0 Å². The lowest BCUT2D eigenvalue weighted by atomic mass is 10.4. The van der Waals surface area contributed by atoms with Gasteiger partial charge in [0.05, 0.1) is 5.75 Å². The third-order valence-electron chi connectivity index (χ3n) is 2.38. The summed E-state index contributed by atoms with van der Waals surface area (Å²) in [7, 11) is -2.74. The molecule has 78 valence electrons. The van der Waals surface area contributed by atoms with Crippen molar-refractivity contribution in [1.82, 2.24) is 5.32 Å². The lowest BCUT2D eigenvalue weighted by Crippen LogP contribution is -2.21. The van der Waals surface area contributed by atoms with Crippen molar-refractivity contribution in [2.24, 2.45) is 5.92 Å². The average Bonchev–Trinajstić information content (AvgIpc) is 2.87. The van der Waals surface area contributed by atoms with Crippen LogP contribution in [0.3, 0.4) is 0 Å². The molecule has 1 saturated carbocycles. The molecule has 1 N–H and O–H groups in total. The summed E-state index contributed by atoms with van der Waals surface area (Å²) >= 11 is 0. The van der Waals surface area contributed by atoms with Crippen LogP contribution in [0.5, 0.6) is 0 Å². The van der Waals surface area contributed by atoms with Gasteiger partial charge in [-0.2, -0.15) is 0 Å². The number of nitrogens with one attached hydrogen (secondary N) is 1. The molecule has 13 heavy (non-hydrogen) atoms. The van der Waals surface area contributed by atoms with Crippen LogP contribution in [0.2, 0.25) is 0 Å². The Morgan fingerprint density at radius 3 is 2.62 bits per heavy atom. The highest BCUT2D eigenvalue weighted by atomic mass is 32.2. The predicted octanol–water partition coefficient (Wildman–Crippen LogP) is 0.811. The molecule has 0 heterocycles. The maximum absolute atomic E-state index is 11.1. The maximum atomic E-state index is 11.1. The highest BCUT2D eigenvalue weighted by Gasteiger charge is 2.20. The molecule has 0 aromatic rings. The fraction of sp³-hybridized carbons (Fsp3) is 1.00. The van der Waals surface area contributed by atoms with Crippen molar-refractivity contribution < 1.29 is 8.42 Å². The molecule has 0 bridgehead atoms. The molecule has 1 aliphatic rings. The van der Waals surface area contributed by atoms with E-state index in [1.165, 1.54) is 12.8 Å². The third kappa shape index (κ3) is 5.26. The van der Waals surface area contributed by atoms with Crippen LogP contribution >= 0.6 is 0 Å². The summed E-state index contributed by atoms with van der Waals surface area (Å²) in [6.45, 7) is 3.62. The zero-order valence-electron chi connectivity index (χ0n) is 8.25. The number of hydrogen-bond donors (Lipinski definition) is 1. The molecule has 0 aliphatic heterocycles. The van der Waals surface area contributed by atoms with Crippen molar-refractivity contribution in [2.45, 2.75) is 26.2 Å². The molecule has 4 heteroatoms. The first-order chi connectivity index (χ1) is 6.14. The van der Waals surface area contributed by atoms with E-state index >= 15 is 0 Å². The second-order valence-corrected chi connectivity index (χ2v) is 6.21. The summed E-state index contributed by atoms with van der Waals surface area (Å²) in [5.74, 6) is 1.49. The van der Waals surface area contributed by atoms with Gasteiger partial charge < -0.3 is 5.32 Å².